The molecule has 0 N–H and O–H groups in total. The van der Waals surface area contributed by atoms with E-state index in [2.05, 4.69) is 6.92 Å². The molecule has 7 nitrogen and oxygen atoms in total. The largest absolute Gasteiger partial charge is 0.343 e. The standard InChI is InChI=1S/C15H22N2O5/c1-11-7-9-16(10-8-11)12(18)3-2-4-15(21)22-17-13(19)5-6-14(17)20/h11H,2-10H2,1H3. The van der Waals surface area contributed by atoms with E-state index in [4.69, 9.17) is 4.84 Å². The molecule has 2 saturated heterocycles. The van der Waals surface area contributed by atoms with Gasteiger partial charge in [0, 0.05) is 38.8 Å². The highest BCUT2D eigenvalue weighted by Crippen LogP contribution is 2.17. The van der Waals surface area contributed by atoms with Gasteiger partial charge in [0.05, 0.1) is 0 Å². The molecule has 0 spiro atoms. The maximum Gasteiger partial charge on any atom is 0.333 e. The highest BCUT2D eigenvalue weighted by Gasteiger charge is 2.32. The van der Waals surface area contributed by atoms with E-state index < -0.39 is 17.8 Å². The first-order valence-electron chi connectivity index (χ1n) is 7.81. The van der Waals surface area contributed by atoms with Crippen LogP contribution in [0.3, 0.4) is 0 Å². The Morgan fingerprint density at radius 3 is 2.27 bits per heavy atom. The molecule has 2 fully saturated rings. The second-order valence-corrected chi connectivity index (χ2v) is 5.96. The zero-order valence-corrected chi connectivity index (χ0v) is 12.9. The molecule has 7 heteroatoms. The molecule has 2 rings (SSSR count). The number of imide groups is 1. The third-order valence-corrected chi connectivity index (χ3v) is 4.11. The molecular formula is C15H22N2O5. The van der Waals surface area contributed by atoms with Crippen LogP contribution in [-0.4, -0.2) is 46.7 Å². The van der Waals surface area contributed by atoms with Gasteiger partial charge in [0.25, 0.3) is 11.8 Å². The molecule has 0 atom stereocenters. The number of hydroxylamine groups is 2. The van der Waals surface area contributed by atoms with Crippen LogP contribution in [0.15, 0.2) is 0 Å². The average molecular weight is 310 g/mol. The van der Waals surface area contributed by atoms with Crippen LogP contribution >= 0.6 is 0 Å². The number of carbonyl (C=O) groups excluding carboxylic acids is 4. The van der Waals surface area contributed by atoms with Gasteiger partial charge in [0.15, 0.2) is 0 Å². The Balaban J connectivity index is 1.65. The molecule has 0 bridgehead atoms. The van der Waals surface area contributed by atoms with Crippen LogP contribution in [0.1, 0.15) is 51.9 Å². The summed E-state index contributed by atoms with van der Waals surface area (Å²) in [6.07, 6.45) is 2.87. The summed E-state index contributed by atoms with van der Waals surface area (Å²) >= 11 is 0. The van der Waals surface area contributed by atoms with Crippen LogP contribution in [0.25, 0.3) is 0 Å². The summed E-state index contributed by atoms with van der Waals surface area (Å²) in [5, 5.41) is 0.538. The van der Waals surface area contributed by atoms with Crippen molar-refractivity contribution < 1.29 is 24.0 Å². The lowest BCUT2D eigenvalue weighted by molar-refractivity contribution is -0.197. The molecule has 0 unspecified atom stereocenters. The number of amides is 3. The summed E-state index contributed by atoms with van der Waals surface area (Å²) in [4.78, 5) is 52.8. The molecule has 0 aromatic heterocycles. The van der Waals surface area contributed by atoms with E-state index in [0.29, 0.717) is 17.4 Å². The third-order valence-electron chi connectivity index (χ3n) is 4.11. The zero-order chi connectivity index (χ0) is 16.1. The summed E-state index contributed by atoms with van der Waals surface area (Å²) in [5.41, 5.74) is 0. The predicted octanol–water partition coefficient (Wildman–Crippen LogP) is 1.02. The Morgan fingerprint density at radius 2 is 1.68 bits per heavy atom. The van der Waals surface area contributed by atoms with Gasteiger partial charge in [-0.1, -0.05) is 6.92 Å². The van der Waals surface area contributed by atoms with E-state index in [-0.39, 0.29) is 31.6 Å². The van der Waals surface area contributed by atoms with Gasteiger partial charge in [-0.25, -0.2) is 4.79 Å². The van der Waals surface area contributed by atoms with Crippen LogP contribution in [-0.2, 0) is 24.0 Å². The monoisotopic (exact) mass is 310 g/mol. The van der Waals surface area contributed by atoms with Crippen LogP contribution in [0, 0.1) is 5.92 Å². The SMILES string of the molecule is CC1CCN(C(=O)CCCC(=O)ON2C(=O)CCC2=O)CC1. The molecule has 0 aliphatic carbocycles. The van der Waals surface area contributed by atoms with E-state index in [9.17, 15) is 19.2 Å². The fourth-order valence-electron chi connectivity index (χ4n) is 2.61. The van der Waals surface area contributed by atoms with E-state index in [1.165, 1.54) is 0 Å². The minimum absolute atomic E-state index is 0.0209. The lowest BCUT2D eigenvalue weighted by Crippen LogP contribution is -2.37. The second-order valence-electron chi connectivity index (χ2n) is 5.96. The topological polar surface area (TPSA) is 84.0 Å². The van der Waals surface area contributed by atoms with E-state index in [1.54, 1.807) is 0 Å². The van der Waals surface area contributed by atoms with Crippen molar-refractivity contribution in [1.29, 1.82) is 0 Å². The summed E-state index contributed by atoms with van der Waals surface area (Å²) in [5.74, 6) is -0.917. The number of hydrogen-bond donors (Lipinski definition) is 0. The Bertz CT molecular complexity index is 453. The first-order chi connectivity index (χ1) is 10.5. The van der Waals surface area contributed by atoms with E-state index in [0.717, 1.165) is 25.9 Å². The smallest absolute Gasteiger partial charge is 0.333 e. The Morgan fingerprint density at radius 1 is 1.09 bits per heavy atom. The van der Waals surface area contributed by atoms with Crippen molar-refractivity contribution >= 4 is 23.7 Å². The summed E-state index contributed by atoms with van der Waals surface area (Å²) in [6, 6.07) is 0. The van der Waals surface area contributed by atoms with E-state index in [1.807, 2.05) is 4.90 Å². The van der Waals surface area contributed by atoms with Crippen LogP contribution in [0.5, 0.6) is 0 Å². The number of hydrogen-bond acceptors (Lipinski definition) is 5. The van der Waals surface area contributed by atoms with Crippen molar-refractivity contribution in [2.45, 2.75) is 51.9 Å². The molecule has 2 heterocycles. The quantitative estimate of drug-likeness (QED) is 0.708. The molecule has 2 aliphatic heterocycles. The van der Waals surface area contributed by atoms with Crippen molar-refractivity contribution in [2.24, 2.45) is 5.92 Å². The molecule has 2 aliphatic rings. The highest BCUT2D eigenvalue weighted by molar-refractivity contribution is 6.01. The summed E-state index contributed by atoms with van der Waals surface area (Å²) in [7, 11) is 0. The number of nitrogens with zero attached hydrogens (tertiary/aromatic N) is 2. The highest BCUT2D eigenvalue weighted by atomic mass is 16.7. The van der Waals surface area contributed by atoms with Crippen molar-refractivity contribution in [2.75, 3.05) is 13.1 Å². The Labute approximate surface area is 129 Å². The fraction of sp³-hybridized carbons (Fsp3) is 0.733. The molecule has 0 radical (unpaired) electrons. The lowest BCUT2D eigenvalue weighted by Gasteiger charge is -2.30. The molecule has 122 valence electrons. The van der Waals surface area contributed by atoms with Gasteiger partial charge in [0.1, 0.15) is 0 Å². The number of rotatable bonds is 5. The maximum atomic E-state index is 12.0. The van der Waals surface area contributed by atoms with Gasteiger partial charge in [-0.3, -0.25) is 14.4 Å². The van der Waals surface area contributed by atoms with Crippen molar-refractivity contribution in [3.8, 4) is 0 Å². The van der Waals surface area contributed by atoms with Crippen molar-refractivity contribution in [3.63, 3.8) is 0 Å². The normalized spacial score (nSPS) is 19.7. The molecule has 3 amide bonds. The average Bonchev–Trinajstić information content (AvgIpc) is 2.79. The van der Waals surface area contributed by atoms with Gasteiger partial charge in [-0.15, -0.1) is 5.06 Å². The van der Waals surface area contributed by atoms with Crippen LogP contribution in [0.2, 0.25) is 0 Å². The number of likely N-dealkylation sites (tertiary alicyclic amines) is 1. The van der Waals surface area contributed by atoms with Crippen molar-refractivity contribution in [3.05, 3.63) is 0 Å². The second kappa shape index (κ2) is 7.38. The summed E-state index contributed by atoms with van der Waals surface area (Å²) in [6.45, 7) is 3.74. The Kier molecular flexibility index (Phi) is 5.51. The summed E-state index contributed by atoms with van der Waals surface area (Å²) < 4.78 is 0. The van der Waals surface area contributed by atoms with Gasteiger partial charge >= 0.3 is 5.97 Å². The Hall–Kier alpha value is -1.92. The maximum absolute atomic E-state index is 12.0. The van der Waals surface area contributed by atoms with Gasteiger partial charge in [0.2, 0.25) is 5.91 Å². The molecule has 0 saturated carbocycles. The minimum atomic E-state index is -0.649. The van der Waals surface area contributed by atoms with Gasteiger partial charge < -0.3 is 9.74 Å². The first-order valence-corrected chi connectivity index (χ1v) is 7.81. The molecule has 22 heavy (non-hydrogen) atoms. The van der Waals surface area contributed by atoms with E-state index >= 15 is 0 Å². The van der Waals surface area contributed by atoms with Gasteiger partial charge in [-0.05, 0) is 25.2 Å². The first kappa shape index (κ1) is 16.5. The van der Waals surface area contributed by atoms with Crippen molar-refractivity contribution in [1.82, 2.24) is 9.96 Å². The van der Waals surface area contributed by atoms with Crippen LogP contribution in [0.4, 0.5) is 0 Å². The molecule has 0 aromatic carbocycles. The zero-order valence-electron chi connectivity index (χ0n) is 12.9. The van der Waals surface area contributed by atoms with Crippen LogP contribution < -0.4 is 0 Å². The minimum Gasteiger partial charge on any atom is -0.343 e. The predicted molar refractivity (Wildman–Crippen MR) is 76.0 cm³/mol. The number of piperidine rings is 1. The number of carbonyl (C=O) groups is 4. The van der Waals surface area contributed by atoms with Gasteiger partial charge in [-0.2, -0.15) is 0 Å². The molecular weight excluding hydrogens is 288 g/mol. The molecule has 0 aromatic rings. The lowest BCUT2D eigenvalue weighted by atomic mass is 9.99. The third kappa shape index (κ3) is 4.29. The fourth-order valence-corrected chi connectivity index (χ4v) is 2.61.